The minimum Gasteiger partial charge on any atom is -0.402 e. The molecule has 0 heterocycles. The first-order valence-electron chi connectivity index (χ1n) is 4.50. The third-order valence-corrected chi connectivity index (χ3v) is 3.94. The summed E-state index contributed by atoms with van der Waals surface area (Å²) in [4.78, 5) is 0. The molecule has 1 heteroatoms. The Morgan fingerprint density at radius 2 is 2.18 bits per heavy atom. The van der Waals surface area contributed by atoms with E-state index >= 15 is 0 Å². The maximum Gasteiger partial charge on any atom is 0.00747 e. The van der Waals surface area contributed by atoms with Gasteiger partial charge in [-0.25, -0.2) is 0 Å². The summed E-state index contributed by atoms with van der Waals surface area (Å²) in [7, 11) is 0. The molecule has 3 aliphatic carbocycles. The van der Waals surface area contributed by atoms with E-state index in [4.69, 9.17) is 5.73 Å². The molecule has 0 aromatic carbocycles. The molecule has 1 nitrogen and oxygen atoms in total. The van der Waals surface area contributed by atoms with Crippen LogP contribution in [0.3, 0.4) is 0 Å². The topological polar surface area (TPSA) is 26.0 Å². The monoisotopic (exact) mass is 151 g/mol. The number of allylic oxidation sites excluding steroid dienone is 2. The summed E-state index contributed by atoms with van der Waals surface area (Å²) in [5.41, 5.74) is 7.54. The Labute approximate surface area is 68.7 Å². The van der Waals surface area contributed by atoms with Crippen molar-refractivity contribution in [1.82, 2.24) is 0 Å². The van der Waals surface area contributed by atoms with Crippen LogP contribution in [0.2, 0.25) is 0 Å². The van der Waals surface area contributed by atoms with Gasteiger partial charge in [-0.1, -0.05) is 26.8 Å². The van der Waals surface area contributed by atoms with Crippen molar-refractivity contribution in [1.29, 1.82) is 0 Å². The molecule has 0 aromatic rings. The van der Waals surface area contributed by atoms with E-state index in [1.165, 1.54) is 6.42 Å². The average molecular weight is 151 g/mol. The molecule has 0 amide bonds. The summed E-state index contributed by atoms with van der Waals surface area (Å²) in [5.74, 6) is 2.23. The molecule has 11 heavy (non-hydrogen) atoms. The minimum atomic E-state index is 0.530. The zero-order valence-electron chi connectivity index (χ0n) is 7.59. The van der Waals surface area contributed by atoms with Crippen molar-refractivity contribution in [2.45, 2.75) is 27.2 Å². The summed E-state index contributed by atoms with van der Waals surface area (Å²) in [6, 6.07) is 0. The molecule has 62 valence electrons. The predicted molar refractivity (Wildman–Crippen MR) is 46.8 cm³/mol. The first kappa shape index (κ1) is 7.20. The number of hydrogen-bond acceptors (Lipinski definition) is 1. The summed E-state index contributed by atoms with van der Waals surface area (Å²) in [6.07, 6.45) is 3.65. The normalized spacial score (nSPS) is 46.1. The van der Waals surface area contributed by atoms with E-state index in [1.807, 2.05) is 0 Å². The lowest BCUT2D eigenvalue weighted by molar-refractivity contribution is -0.0315. The molecule has 3 aliphatic rings. The maximum absolute atomic E-state index is 5.88. The summed E-state index contributed by atoms with van der Waals surface area (Å²) >= 11 is 0. The lowest BCUT2D eigenvalue weighted by Crippen LogP contribution is -2.51. The molecule has 3 atom stereocenters. The third kappa shape index (κ3) is 0.715. The maximum atomic E-state index is 5.88. The van der Waals surface area contributed by atoms with Crippen LogP contribution in [-0.2, 0) is 0 Å². The number of hydrogen-bond donors (Lipinski definition) is 1. The van der Waals surface area contributed by atoms with E-state index in [2.05, 4.69) is 26.8 Å². The van der Waals surface area contributed by atoms with Gasteiger partial charge >= 0.3 is 0 Å². The molecule has 0 saturated heterocycles. The first-order valence-corrected chi connectivity index (χ1v) is 4.50. The highest BCUT2D eigenvalue weighted by Crippen LogP contribution is 2.59. The van der Waals surface area contributed by atoms with Crippen molar-refractivity contribution in [3.05, 3.63) is 11.8 Å². The molecular weight excluding hydrogens is 134 g/mol. The summed E-state index contributed by atoms with van der Waals surface area (Å²) < 4.78 is 0. The quantitative estimate of drug-likeness (QED) is 0.564. The molecule has 0 aliphatic heterocycles. The van der Waals surface area contributed by atoms with Gasteiger partial charge in [-0.3, -0.25) is 0 Å². The van der Waals surface area contributed by atoms with Crippen LogP contribution >= 0.6 is 0 Å². The Morgan fingerprint density at radius 1 is 1.55 bits per heavy atom. The van der Waals surface area contributed by atoms with E-state index < -0.39 is 0 Å². The fourth-order valence-corrected chi connectivity index (χ4v) is 2.74. The Hall–Kier alpha value is -0.460. The van der Waals surface area contributed by atoms with E-state index in [1.54, 1.807) is 0 Å². The molecule has 3 rings (SSSR count). The smallest absolute Gasteiger partial charge is 0.00747 e. The lowest BCUT2D eigenvalue weighted by atomic mass is 9.48. The SMILES string of the molecule is CC1C(N)=CC2CC1C2(C)C. The standard InChI is InChI=1S/C10H17N/c1-6-8-4-7(5-9(6)11)10(8,2)3/h5-8H,4,11H2,1-3H3. The largest absolute Gasteiger partial charge is 0.402 e. The van der Waals surface area contributed by atoms with Gasteiger partial charge in [0.05, 0.1) is 0 Å². The van der Waals surface area contributed by atoms with Crippen LogP contribution in [0.5, 0.6) is 0 Å². The molecule has 1 saturated carbocycles. The van der Waals surface area contributed by atoms with E-state index in [-0.39, 0.29) is 0 Å². The van der Waals surface area contributed by atoms with Crippen molar-refractivity contribution < 1.29 is 0 Å². The highest BCUT2D eigenvalue weighted by atomic mass is 14.7. The molecule has 0 radical (unpaired) electrons. The molecule has 2 N–H and O–H groups in total. The Bertz CT molecular complexity index is 215. The Kier molecular flexibility index (Phi) is 1.19. The van der Waals surface area contributed by atoms with Gasteiger partial charge in [-0.15, -0.1) is 0 Å². The van der Waals surface area contributed by atoms with Gasteiger partial charge in [0.1, 0.15) is 0 Å². The van der Waals surface area contributed by atoms with E-state index in [0.29, 0.717) is 11.3 Å². The number of nitrogens with two attached hydrogens (primary N) is 1. The van der Waals surface area contributed by atoms with Crippen LogP contribution in [-0.4, -0.2) is 0 Å². The zero-order valence-corrected chi connectivity index (χ0v) is 7.59. The zero-order chi connectivity index (χ0) is 8.22. The fraction of sp³-hybridized carbons (Fsp3) is 0.800. The van der Waals surface area contributed by atoms with Gasteiger partial charge in [-0.2, -0.15) is 0 Å². The summed E-state index contributed by atoms with van der Waals surface area (Å²) in [5, 5.41) is 0. The Morgan fingerprint density at radius 3 is 2.55 bits per heavy atom. The average Bonchev–Trinajstić information content (AvgIpc) is 1.93. The Balaban J connectivity index is 2.32. The van der Waals surface area contributed by atoms with Crippen LogP contribution in [0.1, 0.15) is 27.2 Å². The van der Waals surface area contributed by atoms with E-state index in [0.717, 1.165) is 17.5 Å². The predicted octanol–water partition coefficient (Wildman–Crippen LogP) is 2.14. The van der Waals surface area contributed by atoms with Crippen molar-refractivity contribution in [3.8, 4) is 0 Å². The highest BCUT2D eigenvalue weighted by Gasteiger charge is 2.52. The van der Waals surface area contributed by atoms with E-state index in [9.17, 15) is 0 Å². The molecule has 0 aromatic heterocycles. The van der Waals surface area contributed by atoms with Crippen LogP contribution in [0.15, 0.2) is 11.8 Å². The second-order valence-electron chi connectivity index (χ2n) is 4.73. The molecule has 1 fully saturated rings. The number of fused-ring (bicyclic) bond motifs is 1. The van der Waals surface area contributed by atoms with Crippen LogP contribution < -0.4 is 5.73 Å². The van der Waals surface area contributed by atoms with Crippen LogP contribution in [0.4, 0.5) is 0 Å². The molecule has 3 unspecified atom stereocenters. The first-order chi connectivity index (χ1) is 5.03. The van der Waals surface area contributed by atoms with Gasteiger partial charge in [0.25, 0.3) is 0 Å². The molecule has 0 spiro atoms. The van der Waals surface area contributed by atoms with Crippen LogP contribution in [0, 0.1) is 23.2 Å². The van der Waals surface area contributed by atoms with Gasteiger partial charge < -0.3 is 5.73 Å². The van der Waals surface area contributed by atoms with Crippen molar-refractivity contribution in [2.24, 2.45) is 28.9 Å². The van der Waals surface area contributed by atoms with Crippen LogP contribution in [0.25, 0.3) is 0 Å². The second-order valence-corrected chi connectivity index (χ2v) is 4.73. The van der Waals surface area contributed by atoms with Gasteiger partial charge in [-0.05, 0) is 29.6 Å². The fourth-order valence-electron chi connectivity index (χ4n) is 2.74. The minimum absolute atomic E-state index is 0.530. The van der Waals surface area contributed by atoms with Crippen molar-refractivity contribution >= 4 is 0 Å². The highest BCUT2D eigenvalue weighted by molar-refractivity contribution is 5.21. The lowest BCUT2D eigenvalue weighted by Gasteiger charge is -2.57. The van der Waals surface area contributed by atoms with Gasteiger partial charge in [0.2, 0.25) is 0 Å². The van der Waals surface area contributed by atoms with Gasteiger partial charge in [0.15, 0.2) is 0 Å². The van der Waals surface area contributed by atoms with Crippen molar-refractivity contribution in [2.75, 3.05) is 0 Å². The number of rotatable bonds is 0. The summed E-state index contributed by atoms with van der Waals surface area (Å²) in [6.45, 7) is 6.99. The second kappa shape index (κ2) is 1.82. The third-order valence-electron chi connectivity index (χ3n) is 3.94. The molecule has 2 bridgehead atoms. The van der Waals surface area contributed by atoms with Crippen molar-refractivity contribution in [3.63, 3.8) is 0 Å². The van der Waals surface area contributed by atoms with Gasteiger partial charge in [0, 0.05) is 5.70 Å². The molecular formula is C10H17N.